The quantitative estimate of drug-likeness (QED) is 0.622. The van der Waals surface area contributed by atoms with Gasteiger partial charge in [0.2, 0.25) is 13.9 Å². The predicted octanol–water partition coefficient (Wildman–Crippen LogP) is 2.71. The van der Waals surface area contributed by atoms with E-state index in [1.165, 1.54) is 6.92 Å². The number of halogens is 6. The van der Waals surface area contributed by atoms with Crippen molar-refractivity contribution in [1.82, 2.24) is 0 Å². The number of hydrogen-bond donors (Lipinski definition) is 1. The molecule has 2 nitrogen and oxygen atoms in total. The predicted molar refractivity (Wildman–Crippen MR) is 49.7 cm³/mol. The lowest BCUT2D eigenvalue weighted by Gasteiger charge is -1.93. The molecule has 0 radical (unpaired) electrons. The van der Waals surface area contributed by atoms with Gasteiger partial charge >= 0.3 is 0 Å². The molecule has 0 heterocycles. The maximum Gasteiger partial charge on any atom is 0.229 e. The van der Waals surface area contributed by atoms with Crippen molar-refractivity contribution in [3.05, 3.63) is 0 Å². The number of alkyl halides is 6. The summed E-state index contributed by atoms with van der Waals surface area (Å²) in [5.41, 5.74) is 0. The van der Waals surface area contributed by atoms with Crippen LogP contribution in [0.25, 0.3) is 0 Å². The van der Waals surface area contributed by atoms with Crippen LogP contribution in [0, 0.1) is 0 Å². The lowest BCUT2D eigenvalue weighted by atomic mass is 10.7. The van der Waals surface area contributed by atoms with Crippen LogP contribution in [0.5, 0.6) is 0 Å². The third-order valence-corrected chi connectivity index (χ3v) is 0.457. The van der Waals surface area contributed by atoms with Crippen molar-refractivity contribution < 1.29 is 36.2 Å². The molecule has 0 unspecified atom stereocenters. The van der Waals surface area contributed by atoms with E-state index in [0.717, 1.165) is 0 Å². The molecule has 104 valence electrons. The molecule has 0 atom stereocenters. The Hall–Kier alpha value is -0.500. The van der Waals surface area contributed by atoms with Crippen molar-refractivity contribution in [2.24, 2.45) is 0 Å². The minimum absolute atomic E-state index is 0.0278. The van der Waals surface area contributed by atoms with Crippen molar-refractivity contribution in [2.45, 2.75) is 6.92 Å². The summed E-state index contributed by atoms with van der Waals surface area (Å²) in [6.45, 7) is -2.45. The van der Waals surface area contributed by atoms with Gasteiger partial charge < -0.3 is 9.84 Å². The fourth-order valence-corrected chi connectivity index (χ4v) is 0.221. The first-order chi connectivity index (χ1) is 7.66. The monoisotopic (exact) mass is 260 g/mol. The lowest BCUT2D eigenvalue weighted by Crippen LogP contribution is -2.01. The average Bonchev–Trinajstić information content (AvgIpc) is 2.22. The summed E-state index contributed by atoms with van der Waals surface area (Å²) >= 11 is 0. The molecular weight excluding hydrogens is 242 g/mol. The SMILES string of the molecule is CCF.FCF.FCF.OCCOCCF. The van der Waals surface area contributed by atoms with Gasteiger partial charge in [0.25, 0.3) is 0 Å². The largest absolute Gasteiger partial charge is 0.394 e. The van der Waals surface area contributed by atoms with Crippen LogP contribution in [0.1, 0.15) is 6.92 Å². The molecular formula is C8H18F6O2. The van der Waals surface area contributed by atoms with Gasteiger partial charge in [0.05, 0.1) is 26.5 Å². The van der Waals surface area contributed by atoms with E-state index >= 15 is 0 Å². The van der Waals surface area contributed by atoms with Gasteiger partial charge in [-0.1, -0.05) is 0 Å². The smallest absolute Gasteiger partial charge is 0.229 e. The zero-order valence-corrected chi connectivity index (χ0v) is 9.07. The molecule has 0 aliphatic heterocycles. The fourth-order valence-electron chi connectivity index (χ4n) is 0.221. The molecule has 8 heteroatoms. The molecule has 0 aliphatic rings. The highest BCUT2D eigenvalue weighted by Gasteiger charge is 1.80. The van der Waals surface area contributed by atoms with Gasteiger partial charge in [0, 0.05) is 0 Å². The van der Waals surface area contributed by atoms with E-state index in [1.807, 2.05) is 0 Å². The molecule has 0 saturated carbocycles. The van der Waals surface area contributed by atoms with Crippen LogP contribution in [-0.2, 0) is 4.74 Å². The lowest BCUT2D eigenvalue weighted by molar-refractivity contribution is 0.0828. The first-order valence-electron chi connectivity index (χ1n) is 4.20. The molecule has 0 amide bonds. The fraction of sp³-hybridized carbons (Fsp3) is 1.00. The van der Waals surface area contributed by atoms with Gasteiger partial charge in [-0.05, 0) is 6.92 Å². The van der Waals surface area contributed by atoms with Crippen molar-refractivity contribution >= 4 is 0 Å². The molecule has 0 aromatic heterocycles. The van der Waals surface area contributed by atoms with Crippen LogP contribution in [-0.4, -0.2) is 52.1 Å². The highest BCUT2D eigenvalue weighted by Crippen LogP contribution is 1.72. The van der Waals surface area contributed by atoms with E-state index < -0.39 is 20.5 Å². The topological polar surface area (TPSA) is 29.5 Å². The Balaban J connectivity index is -0.0000000677. The molecule has 1 N–H and O–H groups in total. The summed E-state index contributed by atoms with van der Waals surface area (Å²) in [5.74, 6) is 0. The van der Waals surface area contributed by atoms with Crippen molar-refractivity contribution in [3.63, 3.8) is 0 Å². The minimum atomic E-state index is -1.75. The summed E-state index contributed by atoms with van der Waals surface area (Å²) in [7, 11) is 0. The minimum Gasteiger partial charge on any atom is -0.394 e. The molecule has 0 rings (SSSR count). The third-order valence-electron chi connectivity index (χ3n) is 0.457. The van der Waals surface area contributed by atoms with Crippen LogP contribution in [0.2, 0.25) is 0 Å². The first kappa shape index (κ1) is 24.6. The number of rotatable bonds is 4. The summed E-state index contributed by atoms with van der Waals surface area (Å²) in [5, 5.41) is 8.05. The van der Waals surface area contributed by atoms with E-state index in [9.17, 15) is 26.3 Å². The van der Waals surface area contributed by atoms with Gasteiger partial charge in [-0.25, -0.2) is 22.0 Å². The Labute approximate surface area is 91.2 Å². The van der Waals surface area contributed by atoms with E-state index in [0.29, 0.717) is 0 Å². The molecule has 0 saturated heterocycles. The second-order valence-corrected chi connectivity index (χ2v) is 1.49. The van der Waals surface area contributed by atoms with Gasteiger partial charge in [-0.2, -0.15) is 0 Å². The molecule has 0 aromatic rings. The van der Waals surface area contributed by atoms with E-state index in [4.69, 9.17) is 5.11 Å². The molecule has 0 aliphatic carbocycles. The molecule has 0 spiro atoms. The van der Waals surface area contributed by atoms with Crippen LogP contribution in [0.4, 0.5) is 26.3 Å². The summed E-state index contributed by atoms with van der Waals surface area (Å²) in [4.78, 5) is 0. The van der Waals surface area contributed by atoms with Crippen LogP contribution < -0.4 is 0 Å². The zero-order chi connectivity index (χ0) is 13.7. The first-order valence-corrected chi connectivity index (χ1v) is 4.20. The molecule has 0 bridgehead atoms. The highest BCUT2D eigenvalue weighted by atomic mass is 19.3. The average molecular weight is 260 g/mol. The summed E-state index contributed by atoms with van der Waals surface area (Å²) in [6.07, 6.45) is 0. The van der Waals surface area contributed by atoms with Gasteiger partial charge in [-0.15, -0.1) is 0 Å². The standard InChI is InChI=1S/C4H9FO2.C2H5F.2CH2F2/c5-1-3-7-4-2-6;1-2-3;2*2-1-3/h6H,1-4H2;2H2,1H3;2*1H2. The molecule has 0 aromatic carbocycles. The number of aliphatic hydroxyl groups excluding tert-OH is 1. The van der Waals surface area contributed by atoms with Gasteiger partial charge in [0.15, 0.2) is 0 Å². The normalized spacial score (nSPS) is 7.50. The number of aliphatic hydroxyl groups is 1. The second-order valence-electron chi connectivity index (χ2n) is 1.49. The van der Waals surface area contributed by atoms with E-state index in [1.54, 1.807) is 0 Å². The third kappa shape index (κ3) is 172. The van der Waals surface area contributed by atoms with E-state index in [2.05, 4.69) is 4.74 Å². The Morgan fingerprint density at radius 2 is 1.19 bits per heavy atom. The van der Waals surface area contributed by atoms with Gasteiger partial charge in [-0.3, -0.25) is 4.39 Å². The Bertz CT molecular complexity index is 61.7. The number of ether oxygens (including phenoxy) is 1. The number of hydrogen-bond acceptors (Lipinski definition) is 2. The highest BCUT2D eigenvalue weighted by molar-refractivity contribution is 4.24. The van der Waals surface area contributed by atoms with Crippen molar-refractivity contribution in [2.75, 3.05) is 47.0 Å². The second kappa shape index (κ2) is 47.0. The Morgan fingerprint density at radius 3 is 1.38 bits per heavy atom. The maximum absolute atomic E-state index is 11.1. The molecule has 16 heavy (non-hydrogen) atoms. The van der Waals surface area contributed by atoms with E-state index in [-0.39, 0.29) is 26.5 Å². The summed E-state index contributed by atoms with van der Waals surface area (Å²) < 4.78 is 64.4. The Kier molecular flexibility index (Phi) is 72.4. The van der Waals surface area contributed by atoms with Crippen LogP contribution in [0.3, 0.4) is 0 Å². The molecule has 0 fully saturated rings. The van der Waals surface area contributed by atoms with Crippen LogP contribution >= 0.6 is 0 Å². The van der Waals surface area contributed by atoms with Gasteiger partial charge in [0.1, 0.15) is 6.67 Å². The van der Waals surface area contributed by atoms with Crippen molar-refractivity contribution in [1.29, 1.82) is 0 Å². The zero-order valence-electron chi connectivity index (χ0n) is 9.07. The Morgan fingerprint density at radius 1 is 0.875 bits per heavy atom. The van der Waals surface area contributed by atoms with Crippen LogP contribution in [0.15, 0.2) is 0 Å². The van der Waals surface area contributed by atoms with Crippen molar-refractivity contribution in [3.8, 4) is 0 Å². The summed E-state index contributed by atoms with van der Waals surface area (Å²) in [6, 6.07) is 0. The maximum atomic E-state index is 11.1.